The van der Waals surface area contributed by atoms with Gasteiger partial charge in [-0.3, -0.25) is 9.59 Å². The molecular weight excluding hydrogens is 284 g/mol. The predicted molar refractivity (Wildman–Crippen MR) is 85.3 cm³/mol. The van der Waals surface area contributed by atoms with E-state index in [-0.39, 0.29) is 22.7 Å². The van der Waals surface area contributed by atoms with Gasteiger partial charge in [0.05, 0.1) is 4.87 Å². The van der Waals surface area contributed by atoms with E-state index in [0.29, 0.717) is 12.2 Å². The van der Waals surface area contributed by atoms with Crippen molar-refractivity contribution in [2.75, 3.05) is 11.1 Å². The Kier molecular flexibility index (Phi) is 3.48. The van der Waals surface area contributed by atoms with Gasteiger partial charge in [0, 0.05) is 17.9 Å². The first-order valence-electron chi connectivity index (χ1n) is 7.25. The first-order valence-corrected chi connectivity index (χ1v) is 8.23. The van der Waals surface area contributed by atoms with Crippen molar-refractivity contribution in [3.8, 4) is 0 Å². The van der Waals surface area contributed by atoms with Crippen LogP contribution in [0.2, 0.25) is 0 Å². The zero-order valence-corrected chi connectivity index (χ0v) is 13.4. The van der Waals surface area contributed by atoms with Gasteiger partial charge in [0.25, 0.3) is 0 Å². The molecule has 0 unspecified atom stereocenters. The summed E-state index contributed by atoms with van der Waals surface area (Å²) in [5, 5.41) is 2.98. The number of nitrogens with one attached hydrogen (secondary N) is 1. The van der Waals surface area contributed by atoms with E-state index in [4.69, 9.17) is 0 Å². The highest BCUT2D eigenvalue weighted by Gasteiger charge is 2.52. The molecule has 0 radical (unpaired) electrons. The number of rotatable bonds is 2. The van der Waals surface area contributed by atoms with Gasteiger partial charge in [0.1, 0.15) is 6.04 Å². The van der Waals surface area contributed by atoms with Crippen molar-refractivity contribution < 1.29 is 9.59 Å². The number of benzene rings is 1. The van der Waals surface area contributed by atoms with E-state index >= 15 is 0 Å². The zero-order valence-electron chi connectivity index (χ0n) is 12.6. The summed E-state index contributed by atoms with van der Waals surface area (Å²) in [6, 6.07) is 5.60. The number of amides is 2. The van der Waals surface area contributed by atoms with Crippen LogP contribution in [-0.2, 0) is 9.59 Å². The molecule has 0 aliphatic carbocycles. The van der Waals surface area contributed by atoms with E-state index in [1.54, 1.807) is 16.7 Å². The van der Waals surface area contributed by atoms with Crippen LogP contribution in [0.1, 0.15) is 30.9 Å². The SMILES string of the molecule is Cc1ccc(NC(=O)[C@H]2CS[C@]3(C)CCC(=O)N23)c(C)c1. The smallest absolute Gasteiger partial charge is 0.248 e. The first-order chi connectivity index (χ1) is 9.90. The molecule has 21 heavy (non-hydrogen) atoms. The van der Waals surface area contributed by atoms with Crippen LogP contribution in [-0.4, -0.2) is 33.4 Å². The highest BCUT2D eigenvalue weighted by molar-refractivity contribution is 8.01. The van der Waals surface area contributed by atoms with Crippen LogP contribution in [0.15, 0.2) is 18.2 Å². The first kappa shape index (κ1) is 14.4. The van der Waals surface area contributed by atoms with Crippen molar-refractivity contribution in [3.05, 3.63) is 29.3 Å². The molecule has 1 aromatic carbocycles. The minimum atomic E-state index is -0.351. The number of nitrogens with zero attached hydrogens (tertiary/aromatic N) is 1. The Bertz CT molecular complexity index is 616. The summed E-state index contributed by atoms with van der Waals surface area (Å²) in [7, 11) is 0. The van der Waals surface area contributed by atoms with Crippen molar-refractivity contribution >= 4 is 29.3 Å². The molecule has 1 aromatic rings. The number of thioether (sulfide) groups is 1. The Balaban J connectivity index is 1.78. The largest absolute Gasteiger partial charge is 0.324 e. The van der Waals surface area contributed by atoms with E-state index in [1.807, 2.05) is 32.0 Å². The van der Waals surface area contributed by atoms with Crippen LogP contribution in [0.5, 0.6) is 0 Å². The number of carbonyl (C=O) groups excluding carboxylic acids is 2. The van der Waals surface area contributed by atoms with E-state index in [0.717, 1.165) is 17.7 Å². The summed E-state index contributed by atoms with van der Waals surface area (Å²) in [6.07, 6.45) is 1.39. The molecule has 0 aromatic heterocycles. The van der Waals surface area contributed by atoms with Gasteiger partial charge in [-0.2, -0.15) is 0 Å². The lowest BCUT2D eigenvalue weighted by Gasteiger charge is -2.30. The lowest BCUT2D eigenvalue weighted by molar-refractivity contribution is -0.135. The summed E-state index contributed by atoms with van der Waals surface area (Å²) >= 11 is 1.72. The third kappa shape index (κ3) is 2.44. The predicted octanol–water partition coefficient (Wildman–Crippen LogP) is 2.70. The van der Waals surface area contributed by atoms with Gasteiger partial charge < -0.3 is 10.2 Å². The fourth-order valence-electron chi connectivity index (χ4n) is 3.18. The third-order valence-electron chi connectivity index (χ3n) is 4.39. The molecule has 2 atom stereocenters. The maximum Gasteiger partial charge on any atom is 0.248 e. The third-order valence-corrected chi connectivity index (χ3v) is 5.89. The number of aryl methyl sites for hydroxylation is 2. The van der Waals surface area contributed by atoms with Crippen molar-refractivity contribution in [3.63, 3.8) is 0 Å². The molecule has 112 valence electrons. The molecule has 3 rings (SSSR count). The molecule has 0 spiro atoms. The molecule has 1 N–H and O–H groups in total. The van der Waals surface area contributed by atoms with Gasteiger partial charge >= 0.3 is 0 Å². The van der Waals surface area contributed by atoms with Crippen molar-refractivity contribution in [2.24, 2.45) is 0 Å². The van der Waals surface area contributed by atoms with Crippen LogP contribution in [0.25, 0.3) is 0 Å². The van der Waals surface area contributed by atoms with Gasteiger partial charge in [-0.25, -0.2) is 0 Å². The average molecular weight is 304 g/mol. The standard InChI is InChI=1S/C16H20N2O2S/c1-10-4-5-12(11(2)8-10)17-15(20)13-9-21-16(3)7-6-14(19)18(13)16/h4-5,8,13H,6-7,9H2,1-3H3,(H,17,20)/t13-,16-/m1/s1. The Morgan fingerprint density at radius 2 is 2.19 bits per heavy atom. The van der Waals surface area contributed by atoms with Crippen LogP contribution in [0.4, 0.5) is 5.69 Å². The summed E-state index contributed by atoms with van der Waals surface area (Å²) in [4.78, 5) is 26.2. The molecule has 2 saturated heterocycles. The van der Waals surface area contributed by atoms with Crippen LogP contribution < -0.4 is 5.32 Å². The van der Waals surface area contributed by atoms with Crippen LogP contribution in [0, 0.1) is 13.8 Å². The summed E-state index contributed by atoms with van der Waals surface area (Å²) < 4.78 is 0. The maximum absolute atomic E-state index is 12.6. The van der Waals surface area contributed by atoms with Crippen molar-refractivity contribution in [2.45, 2.75) is 44.5 Å². The molecular formula is C16H20N2O2S. The highest BCUT2D eigenvalue weighted by Crippen LogP contribution is 2.47. The van der Waals surface area contributed by atoms with Crippen molar-refractivity contribution in [1.29, 1.82) is 0 Å². The van der Waals surface area contributed by atoms with Gasteiger partial charge in [0.15, 0.2) is 0 Å². The van der Waals surface area contributed by atoms with Crippen molar-refractivity contribution in [1.82, 2.24) is 4.90 Å². The van der Waals surface area contributed by atoms with Gasteiger partial charge in [-0.05, 0) is 38.8 Å². The second kappa shape index (κ2) is 5.05. The minimum absolute atomic E-state index is 0.0755. The monoisotopic (exact) mass is 304 g/mol. The van der Waals surface area contributed by atoms with E-state index in [2.05, 4.69) is 12.2 Å². The fourth-order valence-corrected chi connectivity index (χ4v) is 4.62. The lowest BCUT2D eigenvalue weighted by Crippen LogP contribution is -2.48. The number of fused-ring (bicyclic) bond motifs is 1. The summed E-state index contributed by atoms with van der Waals surface area (Å²) in [5.74, 6) is 0.704. The molecule has 4 nitrogen and oxygen atoms in total. The normalized spacial score (nSPS) is 27.9. The van der Waals surface area contributed by atoms with Gasteiger partial charge in [-0.1, -0.05) is 17.7 Å². The molecule has 0 saturated carbocycles. The molecule has 2 heterocycles. The number of anilines is 1. The van der Waals surface area contributed by atoms with Gasteiger partial charge in [-0.15, -0.1) is 11.8 Å². The van der Waals surface area contributed by atoms with Crippen LogP contribution >= 0.6 is 11.8 Å². The lowest BCUT2D eigenvalue weighted by atomic mass is 10.1. The van der Waals surface area contributed by atoms with E-state index in [1.165, 1.54) is 5.56 Å². The summed E-state index contributed by atoms with van der Waals surface area (Å²) in [6.45, 7) is 6.07. The Hall–Kier alpha value is -1.49. The molecule has 2 aliphatic rings. The highest BCUT2D eigenvalue weighted by atomic mass is 32.2. The van der Waals surface area contributed by atoms with E-state index in [9.17, 15) is 9.59 Å². The molecule has 0 bridgehead atoms. The molecule has 5 heteroatoms. The van der Waals surface area contributed by atoms with Crippen LogP contribution in [0.3, 0.4) is 0 Å². The Morgan fingerprint density at radius 1 is 1.43 bits per heavy atom. The second-order valence-corrected chi connectivity index (χ2v) is 7.57. The molecule has 2 amide bonds. The van der Waals surface area contributed by atoms with Gasteiger partial charge in [0.2, 0.25) is 11.8 Å². The molecule has 2 aliphatic heterocycles. The molecule has 2 fully saturated rings. The topological polar surface area (TPSA) is 49.4 Å². The quantitative estimate of drug-likeness (QED) is 0.914. The number of hydrogen-bond acceptors (Lipinski definition) is 3. The Labute approximate surface area is 129 Å². The maximum atomic E-state index is 12.6. The van der Waals surface area contributed by atoms with E-state index < -0.39 is 0 Å². The second-order valence-electron chi connectivity index (χ2n) is 6.07. The zero-order chi connectivity index (χ0) is 15.2. The minimum Gasteiger partial charge on any atom is -0.324 e. The fraction of sp³-hybridized carbons (Fsp3) is 0.500. The summed E-state index contributed by atoms with van der Waals surface area (Å²) in [5.41, 5.74) is 3.05. The Morgan fingerprint density at radius 3 is 2.90 bits per heavy atom. The average Bonchev–Trinajstić information content (AvgIpc) is 2.90. The number of hydrogen-bond donors (Lipinski definition) is 1. The number of carbonyl (C=O) groups is 2.